The second-order valence-corrected chi connectivity index (χ2v) is 8.13. The number of anilines is 2. The summed E-state index contributed by atoms with van der Waals surface area (Å²) >= 11 is 0. The van der Waals surface area contributed by atoms with Crippen molar-refractivity contribution < 1.29 is 13.9 Å². The lowest BCUT2D eigenvalue weighted by Gasteiger charge is -2.29. The van der Waals surface area contributed by atoms with Gasteiger partial charge in [0.2, 0.25) is 0 Å². The molecule has 0 aliphatic carbocycles. The number of aryl methyl sites for hydroxylation is 2. The zero-order valence-corrected chi connectivity index (χ0v) is 18.7. The topological polar surface area (TPSA) is 112 Å². The van der Waals surface area contributed by atoms with Gasteiger partial charge < -0.3 is 19.8 Å². The van der Waals surface area contributed by atoms with Gasteiger partial charge in [-0.3, -0.25) is 9.78 Å². The molecule has 174 valence electrons. The van der Waals surface area contributed by atoms with E-state index in [-0.39, 0.29) is 35.8 Å². The van der Waals surface area contributed by atoms with Gasteiger partial charge in [-0.15, -0.1) is 0 Å². The number of ether oxygens (including phenoxy) is 1. The molecular formula is C24H24FN7O2. The van der Waals surface area contributed by atoms with E-state index in [1.807, 2.05) is 29.7 Å². The highest BCUT2D eigenvalue weighted by molar-refractivity contribution is 5.99. The van der Waals surface area contributed by atoms with E-state index in [4.69, 9.17) is 15.5 Å². The van der Waals surface area contributed by atoms with Crippen molar-refractivity contribution in [1.29, 1.82) is 0 Å². The molecule has 5 rings (SSSR count). The van der Waals surface area contributed by atoms with Crippen LogP contribution >= 0.6 is 0 Å². The summed E-state index contributed by atoms with van der Waals surface area (Å²) in [5.41, 5.74) is 9.64. The number of nitrogens with zero attached hydrogens (tertiary/aromatic N) is 6. The molecule has 0 radical (unpaired) electrons. The molecule has 5 heterocycles. The number of nitrogen functional groups attached to an aromatic ring is 1. The Labute approximate surface area is 195 Å². The standard InChI is InChI=1S/C24H24FN7O2/c1-15-13-28-20-7-4-16(14-32(15)20)21-24(31-9-11-34-12-10-31)30-23(26)22(29-21)19(33)6-5-18-17(25)3-2-8-27-18/h2-4,7-8,13-14H,5-6,9-12H2,1H3,(H2,26,30). The summed E-state index contributed by atoms with van der Waals surface area (Å²) in [6, 6.07) is 6.64. The molecule has 1 saturated heterocycles. The van der Waals surface area contributed by atoms with E-state index in [1.54, 1.807) is 6.20 Å². The van der Waals surface area contributed by atoms with Crippen LogP contribution in [0.3, 0.4) is 0 Å². The third-order valence-corrected chi connectivity index (χ3v) is 5.87. The maximum atomic E-state index is 14.0. The van der Waals surface area contributed by atoms with Gasteiger partial charge in [-0.05, 0) is 37.6 Å². The van der Waals surface area contributed by atoms with Gasteiger partial charge in [-0.2, -0.15) is 0 Å². The number of hydrogen-bond acceptors (Lipinski definition) is 8. The van der Waals surface area contributed by atoms with Gasteiger partial charge in [-0.1, -0.05) is 0 Å². The highest BCUT2D eigenvalue weighted by Gasteiger charge is 2.24. The van der Waals surface area contributed by atoms with Crippen molar-refractivity contribution in [3.8, 4) is 11.3 Å². The molecule has 9 nitrogen and oxygen atoms in total. The van der Waals surface area contributed by atoms with Crippen molar-refractivity contribution in [2.75, 3.05) is 36.9 Å². The van der Waals surface area contributed by atoms with Crippen LogP contribution in [0.1, 0.15) is 28.3 Å². The van der Waals surface area contributed by atoms with Gasteiger partial charge in [-0.25, -0.2) is 19.3 Å². The van der Waals surface area contributed by atoms with E-state index in [2.05, 4.69) is 19.9 Å². The Bertz CT molecular complexity index is 1360. The summed E-state index contributed by atoms with van der Waals surface area (Å²) in [6.45, 7) is 4.38. The molecule has 0 aromatic carbocycles. The highest BCUT2D eigenvalue weighted by Crippen LogP contribution is 2.31. The Morgan fingerprint density at radius 2 is 2.00 bits per heavy atom. The number of aromatic nitrogens is 5. The number of nitrogens with two attached hydrogens (primary N) is 1. The third kappa shape index (κ3) is 4.19. The SMILES string of the molecule is Cc1cnc2ccc(-c3nc(C(=O)CCc4ncccc4F)c(N)nc3N3CCOCC3)cn12. The van der Waals surface area contributed by atoms with Crippen LogP contribution in [0.2, 0.25) is 0 Å². The quantitative estimate of drug-likeness (QED) is 0.436. The molecular weight excluding hydrogens is 437 g/mol. The molecule has 34 heavy (non-hydrogen) atoms. The van der Waals surface area contributed by atoms with Crippen molar-refractivity contribution in [1.82, 2.24) is 24.3 Å². The number of fused-ring (bicyclic) bond motifs is 1. The van der Waals surface area contributed by atoms with E-state index >= 15 is 0 Å². The molecule has 1 aliphatic rings. The predicted molar refractivity (Wildman–Crippen MR) is 125 cm³/mol. The van der Waals surface area contributed by atoms with Gasteiger partial charge in [0.1, 0.15) is 22.9 Å². The highest BCUT2D eigenvalue weighted by atomic mass is 19.1. The number of carbonyl (C=O) groups is 1. The van der Waals surface area contributed by atoms with Crippen molar-refractivity contribution in [3.05, 3.63) is 65.8 Å². The average Bonchev–Trinajstić information content (AvgIpc) is 3.23. The molecule has 0 spiro atoms. The number of hydrogen-bond donors (Lipinski definition) is 1. The molecule has 2 N–H and O–H groups in total. The first-order valence-electron chi connectivity index (χ1n) is 11.1. The zero-order valence-electron chi connectivity index (χ0n) is 18.7. The zero-order chi connectivity index (χ0) is 23.7. The number of morpholine rings is 1. The molecule has 0 bridgehead atoms. The number of rotatable bonds is 6. The summed E-state index contributed by atoms with van der Waals surface area (Å²) in [7, 11) is 0. The lowest BCUT2D eigenvalue weighted by Crippen LogP contribution is -2.37. The summed E-state index contributed by atoms with van der Waals surface area (Å²) in [6.07, 6.45) is 5.39. The molecule has 1 aliphatic heterocycles. The van der Waals surface area contributed by atoms with Crippen LogP contribution in [-0.2, 0) is 11.2 Å². The second-order valence-electron chi connectivity index (χ2n) is 8.13. The Hall–Kier alpha value is -3.92. The Morgan fingerprint density at radius 1 is 1.18 bits per heavy atom. The van der Waals surface area contributed by atoms with Crippen LogP contribution in [0, 0.1) is 12.7 Å². The monoisotopic (exact) mass is 461 g/mol. The number of pyridine rings is 2. The fourth-order valence-electron chi connectivity index (χ4n) is 4.03. The minimum Gasteiger partial charge on any atom is -0.382 e. The largest absolute Gasteiger partial charge is 0.382 e. The predicted octanol–water partition coefficient (Wildman–Crippen LogP) is 2.87. The summed E-state index contributed by atoms with van der Waals surface area (Å²) in [4.78, 5) is 32.8. The smallest absolute Gasteiger partial charge is 0.185 e. The van der Waals surface area contributed by atoms with E-state index in [0.717, 1.165) is 16.9 Å². The minimum absolute atomic E-state index is 0.0167. The van der Waals surface area contributed by atoms with E-state index in [9.17, 15) is 9.18 Å². The first kappa shape index (κ1) is 21.9. The molecule has 4 aromatic rings. The normalized spacial score (nSPS) is 14.0. The van der Waals surface area contributed by atoms with Gasteiger partial charge >= 0.3 is 0 Å². The maximum Gasteiger partial charge on any atom is 0.185 e. The molecule has 0 atom stereocenters. The van der Waals surface area contributed by atoms with E-state index in [0.29, 0.717) is 37.8 Å². The Balaban J connectivity index is 1.54. The summed E-state index contributed by atoms with van der Waals surface area (Å²) < 4.78 is 21.4. The molecule has 4 aromatic heterocycles. The van der Waals surface area contributed by atoms with Crippen LogP contribution in [0.4, 0.5) is 16.0 Å². The van der Waals surface area contributed by atoms with Crippen LogP contribution in [0.15, 0.2) is 42.9 Å². The average molecular weight is 462 g/mol. The first-order chi connectivity index (χ1) is 16.5. The fourth-order valence-corrected chi connectivity index (χ4v) is 4.03. The van der Waals surface area contributed by atoms with E-state index < -0.39 is 5.82 Å². The molecule has 0 amide bonds. The molecule has 1 fully saturated rings. The van der Waals surface area contributed by atoms with Crippen molar-refractivity contribution in [2.45, 2.75) is 19.8 Å². The Morgan fingerprint density at radius 3 is 2.79 bits per heavy atom. The first-order valence-corrected chi connectivity index (χ1v) is 11.1. The second kappa shape index (κ2) is 9.14. The molecule has 0 saturated carbocycles. The van der Waals surface area contributed by atoms with Crippen LogP contribution in [0.25, 0.3) is 16.9 Å². The molecule has 0 unspecified atom stereocenters. The number of imidazole rings is 1. The van der Waals surface area contributed by atoms with Gasteiger partial charge in [0, 0.05) is 49.4 Å². The minimum atomic E-state index is -0.443. The fraction of sp³-hybridized carbons (Fsp3) is 0.292. The van der Waals surface area contributed by atoms with Gasteiger partial charge in [0.05, 0.1) is 18.9 Å². The third-order valence-electron chi connectivity index (χ3n) is 5.87. The van der Waals surface area contributed by atoms with Crippen molar-refractivity contribution in [2.24, 2.45) is 0 Å². The molecule has 10 heteroatoms. The van der Waals surface area contributed by atoms with Crippen LogP contribution in [-0.4, -0.2) is 56.4 Å². The number of Topliss-reactive ketones (excluding diaryl/α,β-unsaturated/α-hetero) is 1. The number of halogens is 1. The van der Waals surface area contributed by atoms with E-state index in [1.165, 1.54) is 18.3 Å². The maximum absolute atomic E-state index is 14.0. The summed E-state index contributed by atoms with van der Waals surface area (Å²) in [5, 5.41) is 0. The number of carbonyl (C=O) groups excluding carboxylic acids is 1. The van der Waals surface area contributed by atoms with Crippen molar-refractivity contribution in [3.63, 3.8) is 0 Å². The lowest BCUT2D eigenvalue weighted by molar-refractivity contribution is 0.0978. The summed E-state index contributed by atoms with van der Waals surface area (Å²) in [5.74, 6) is -0.103. The van der Waals surface area contributed by atoms with Crippen molar-refractivity contribution >= 4 is 23.1 Å². The van der Waals surface area contributed by atoms with Crippen LogP contribution in [0.5, 0.6) is 0 Å². The number of ketones is 1. The Kier molecular flexibility index (Phi) is 5.89. The van der Waals surface area contributed by atoms with Gasteiger partial charge in [0.25, 0.3) is 0 Å². The van der Waals surface area contributed by atoms with Crippen LogP contribution < -0.4 is 10.6 Å². The van der Waals surface area contributed by atoms with Gasteiger partial charge in [0.15, 0.2) is 17.4 Å². The lowest BCUT2D eigenvalue weighted by atomic mass is 10.1.